The van der Waals surface area contributed by atoms with Gasteiger partial charge in [-0.05, 0) is 22.9 Å². The van der Waals surface area contributed by atoms with Crippen molar-refractivity contribution in [1.82, 2.24) is 9.97 Å². The number of fused-ring (bicyclic) bond motifs is 2. The number of aromatic nitrogens is 2. The molecule has 0 radical (unpaired) electrons. The fourth-order valence-electron chi connectivity index (χ4n) is 3.18. The topological polar surface area (TPSA) is 25.8 Å². The zero-order valence-corrected chi connectivity index (χ0v) is 16.1. The summed E-state index contributed by atoms with van der Waals surface area (Å²) in [7, 11) is 0. The fourth-order valence-corrected chi connectivity index (χ4v) is 4.69. The van der Waals surface area contributed by atoms with Crippen molar-refractivity contribution in [3.63, 3.8) is 0 Å². The largest absolute Gasteiger partial charge is 0.238 e. The van der Waals surface area contributed by atoms with Gasteiger partial charge >= 0.3 is 0 Å². The van der Waals surface area contributed by atoms with E-state index in [0.717, 1.165) is 22.7 Å². The van der Waals surface area contributed by atoms with Crippen LogP contribution >= 0.6 is 22.7 Å². The number of hydrogen-bond donors (Lipinski definition) is 0. The summed E-state index contributed by atoms with van der Waals surface area (Å²) in [5.74, 6) is -8.79. The van der Waals surface area contributed by atoms with E-state index in [1.807, 2.05) is 0 Å². The molecule has 2 aromatic carbocycles. The summed E-state index contributed by atoms with van der Waals surface area (Å²) >= 11 is 1.89. The zero-order valence-electron chi connectivity index (χ0n) is 14.4. The van der Waals surface area contributed by atoms with E-state index in [9.17, 15) is 17.6 Å². The molecule has 5 aromatic rings. The standard InChI is InChI=1S/C20H6F6N2S2/c21-11-9(7-3-1-5-29-7)13(23)17-19(15(11)25)28-18-14(24)10(8-4-2-6-30-8)12(22)16(26)20(18)27-17/h1-6H. The third-order valence-corrected chi connectivity index (χ3v) is 6.30. The molecule has 3 heterocycles. The summed E-state index contributed by atoms with van der Waals surface area (Å²) in [5, 5.41) is 3.05. The van der Waals surface area contributed by atoms with E-state index in [-0.39, 0.29) is 9.75 Å². The van der Waals surface area contributed by atoms with E-state index < -0.39 is 68.1 Å². The molecule has 0 amide bonds. The van der Waals surface area contributed by atoms with Gasteiger partial charge in [0, 0.05) is 9.75 Å². The molecule has 0 aliphatic carbocycles. The third kappa shape index (κ3) is 2.56. The molecule has 0 atom stereocenters. The van der Waals surface area contributed by atoms with Gasteiger partial charge in [-0.3, -0.25) is 0 Å². The van der Waals surface area contributed by atoms with Crippen LogP contribution in [-0.4, -0.2) is 9.97 Å². The van der Waals surface area contributed by atoms with Crippen LogP contribution in [0.1, 0.15) is 0 Å². The Labute approximate surface area is 172 Å². The lowest BCUT2D eigenvalue weighted by atomic mass is 10.1. The lowest BCUT2D eigenvalue weighted by Gasteiger charge is -2.11. The van der Waals surface area contributed by atoms with Crippen molar-refractivity contribution in [2.45, 2.75) is 0 Å². The summed E-state index contributed by atoms with van der Waals surface area (Å²) in [6, 6.07) is 5.73. The average Bonchev–Trinajstić information content (AvgIpc) is 3.45. The maximum absolute atomic E-state index is 15.0. The second kappa shape index (κ2) is 6.78. The number of hydrogen-bond acceptors (Lipinski definition) is 4. The highest BCUT2D eigenvalue weighted by atomic mass is 32.1. The maximum Gasteiger partial charge on any atom is 0.187 e. The van der Waals surface area contributed by atoms with Gasteiger partial charge in [0.2, 0.25) is 0 Å². The number of thiophene rings is 2. The molecule has 10 heteroatoms. The second-order valence-electron chi connectivity index (χ2n) is 6.21. The molecule has 2 nitrogen and oxygen atoms in total. The van der Waals surface area contributed by atoms with Crippen molar-refractivity contribution in [3.8, 4) is 20.9 Å². The predicted molar refractivity (Wildman–Crippen MR) is 103 cm³/mol. The van der Waals surface area contributed by atoms with Crippen molar-refractivity contribution >= 4 is 44.7 Å². The average molecular weight is 452 g/mol. The highest BCUT2D eigenvalue weighted by molar-refractivity contribution is 7.13. The van der Waals surface area contributed by atoms with Crippen molar-refractivity contribution in [2.75, 3.05) is 0 Å². The zero-order chi connectivity index (χ0) is 21.2. The van der Waals surface area contributed by atoms with Crippen molar-refractivity contribution in [3.05, 3.63) is 69.9 Å². The molecule has 30 heavy (non-hydrogen) atoms. The minimum atomic E-state index is -1.56. The van der Waals surface area contributed by atoms with Crippen LogP contribution in [-0.2, 0) is 0 Å². The molecule has 0 N–H and O–H groups in total. The maximum atomic E-state index is 15.0. The highest BCUT2D eigenvalue weighted by Crippen LogP contribution is 2.39. The van der Waals surface area contributed by atoms with E-state index in [1.165, 1.54) is 35.0 Å². The van der Waals surface area contributed by atoms with E-state index in [4.69, 9.17) is 0 Å². The number of halogens is 6. The predicted octanol–water partition coefficient (Wildman–Crippen LogP) is 7.07. The molecule has 0 saturated heterocycles. The monoisotopic (exact) mass is 452 g/mol. The van der Waals surface area contributed by atoms with Gasteiger partial charge in [-0.15, -0.1) is 22.7 Å². The summed E-state index contributed by atoms with van der Waals surface area (Å²) in [4.78, 5) is 7.34. The molecule has 0 aliphatic heterocycles. The number of nitrogens with zero attached hydrogens (tertiary/aromatic N) is 2. The molecule has 0 spiro atoms. The minimum absolute atomic E-state index is 0.0681. The van der Waals surface area contributed by atoms with Gasteiger partial charge in [-0.2, -0.15) is 0 Å². The van der Waals surface area contributed by atoms with Gasteiger partial charge in [0.05, 0.1) is 11.1 Å². The molecular formula is C20H6F6N2S2. The summed E-state index contributed by atoms with van der Waals surface area (Å²) in [5.41, 5.74) is -4.90. The molecule has 0 aliphatic rings. The Morgan fingerprint density at radius 3 is 1.20 bits per heavy atom. The first kappa shape index (κ1) is 19.0. The van der Waals surface area contributed by atoms with Gasteiger partial charge in [0.1, 0.15) is 22.1 Å². The second-order valence-corrected chi connectivity index (χ2v) is 8.10. The summed E-state index contributed by atoms with van der Waals surface area (Å²) in [6.07, 6.45) is 0. The highest BCUT2D eigenvalue weighted by Gasteiger charge is 2.29. The molecular weight excluding hydrogens is 446 g/mol. The quantitative estimate of drug-likeness (QED) is 0.163. The Hall–Kier alpha value is -2.98. The Kier molecular flexibility index (Phi) is 4.30. The van der Waals surface area contributed by atoms with Crippen LogP contribution in [0.3, 0.4) is 0 Å². The van der Waals surface area contributed by atoms with Crippen LogP contribution in [0.5, 0.6) is 0 Å². The smallest absolute Gasteiger partial charge is 0.187 e. The van der Waals surface area contributed by atoms with Gasteiger partial charge in [0.15, 0.2) is 34.9 Å². The Bertz CT molecular complexity index is 1340. The van der Waals surface area contributed by atoms with Gasteiger partial charge in [-0.25, -0.2) is 36.3 Å². The van der Waals surface area contributed by atoms with Crippen molar-refractivity contribution in [1.29, 1.82) is 0 Å². The van der Waals surface area contributed by atoms with Gasteiger partial charge in [0.25, 0.3) is 0 Å². The first-order chi connectivity index (χ1) is 14.4. The van der Waals surface area contributed by atoms with Crippen LogP contribution in [0.15, 0.2) is 35.0 Å². The molecule has 5 rings (SSSR count). The van der Waals surface area contributed by atoms with Crippen LogP contribution in [0, 0.1) is 34.9 Å². The molecule has 0 bridgehead atoms. The fraction of sp³-hybridized carbons (Fsp3) is 0. The lowest BCUT2D eigenvalue weighted by Crippen LogP contribution is -2.05. The van der Waals surface area contributed by atoms with Gasteiger partial charge < -0.3 is 0 Å². The van der Waals surface area contributed by atoms with E-state index in [2.05, 4.69) is 9.97 Å². The normalized spacial score (nSPS) is 11.7. The van der Waals surface area contributed by atoms with Crippen molar-refractivity contribution < 1.29 is 26.3 Å². The van der Waals surface area contributed by atoms with Crippen molar-refractivity contribution in [2.24, 2.45) is 0 Å². The molecule has 0 saturated carbocycles. The van der Waals surface area contributed by atoms with E-state index in [1.54, 1.807) is 0 Å². The number of rotatable bonds is 2. The minimum Gasteiger partial charge on any atom is -0.238 e. The lowest BCUT2D eigenvalue weighted by molar-refractivity contribution is 0.503. The first-order valence-electron chi connectivity index (χ1n) is 8.32. The third-order valence-electron chi connectivity index (χ3n) is 4.53. The summed E-state index contributed by atoms with van der Waals surface area (Å²) in [6.45, 7) is 0. The Morgan fingerprint density at radius 2 is 0.867 bits per heavy atom. The van der Waals surface area contributed by atoms with Gasteiger partial charge in [-0.1, -0.05) is 12.1 Å². The molecule has 3 aromatic heterocycles. The SMILES string of the molecule is Fc1c(-c2cccs2)c(F)c2nc3c(F)c(F)c(-c4cccs4)c(F)c3nc2c1F. The van der Waals surface area contributed by atoms with E-state index >= 15 is 8.78 Å². The van der Waals surface area contributed by atoms with Crippen LogP contribution in [0.2, 0.25) is 0 Å². The summed E-state index contributed by atoms with van der Waals surface area (Å²) < 4.78 is 88.7. The van der Waals surface area contributed by atoms with Crippen LogP contribution < -0.4 is 0 Å². The Balaban J connectivity index is 1.93. The number of benzene rings is 2. The molecule has 0 unspecified atom stereocenters. The van der Waals surface area contributed by atoms with Crippen LogP contribution in [0.25, 0.3) is 42.9 Å². The first-order valence-corrected chi connectivity index (χ1v) is 10.1. The van der Waals surface area contributed by atoms with Crippen LogP contribution in [0.4, 0.5) is 26.3 Å². The molecule has 0 fully saturated rings. The molecule has 150 valence electrons. The van der Waals surface area contributed by atoms with E-state index in [0.29, 0.717) is 0 Å². The Morgan fingerprint density at radius 1 is 0.500 bits per heavy atom.